The number of carbonyl (C=O) groups is 4. The Morgan fingerprint density at radius 2 is 1.78 bits per heavy atom. The molecule has 3 N–H and O–H groups in total. The molecule has 0 spiro atoms. The van der Waals surface area contributed by atoms with Crippen LogP contribution in [-0.2, 0) is 19.1 Å². The largest absolute Gasteiger partial charge is 0.482 e. The van der Waals surface area contributed by atoms with Crippen molar-refractivity contribution in [1.29, 1.82) is 0 Å². The number of alkyl halides is 1. The van der Waals surface area contributed by atoms with Crippen LogP contribution in [0.5, 0.6) is 5.75 Å². The monoisotopic (exact) mass is 570 g/mol. The normalized spacial score (nSPS) is 39.2. The van der Waals surface area contributed by atoms with Gasteiger partial charge in [0.25, 0.3) is 0 Å². The molecule has 4 aliphatic rings. The summed E-state index contributed by atoms with van der Waals surface area (Å²) in [5, 5.41) is 32.4. The van der Waals surface area contributed by atoms with Crippen LogP contribution >= 0.6 is 0 Å². The molecular weight excluding hydrogens is 535 g/mol. The van der Waals surface area contributed by atoms with Crippen molar-refractivity contribution in [3.05, 3.63) is 53.6 Å². The first kappa shape index (κ1) is 29.1. The second-order valence-electron chi connectivity index (χ2n) is 12.4. The number of esters is 1. The van der Waals surface area contributed by atoms with Crippen LogP contribution in [0.1, 0.15) is 56.8 Å². The quantitative estimate of drug-likeness (QED) is 0.420. The average molecular weight is 571 g/mol. The van der Waals surface area contributed by atoms with Crippen LogP contribution < -0.4 is 4.74 Å². The summed E-state index contributed by atoms with van der Waals surface area (Å²) in [6, 6.07) is 5.41. The number of ether oxygens (including phenoxy) is 2. The summed E-state index contributed by atoms with van der Waals surface area (Å²) in [7, 11) is 0. The number of carbonyl (C=O) groups excluding carboxylic acids is 3. The third-order valence-corrected chi connectivity index (χ3v) is 10.5. The molecule has 8 atom stereocenters. The standard InChI is InChI=1S/C31H35FO9/c1-17-12-23-22-9-6-19-13-20(33)10-11-28(19,2)30(22,32)24(34)14-29(23,3)31(17,39)25(35)15-41-26(36)16-40-21-7-4-18(5-8-21)27(37)38/h4-5,7-8,10-11,13,17,22-24,34,39H,6,9,12,14-16H2,1-3H3,(H,37,38)/t17-,22+,23+,24+,28+,29+,30+,31+/m1/s1. The number of aromatic carboxylic acids is 1. The second-order valence-corrected chi connectivity index (χ2v) is 12.4. The maximum atomic E-state index is 17.3. The lowest BCUT2D eigenvalue weighted by Crippen LogP contribution is -2.69. The molecule has 0 saturated heterocycles. The molecule has 0 unspecified atom stereocenters. The van der Waals surface area contributed by atoms with Crippen LogP contribution in [-0.4, -0.2) is 69.4 Å². The SMILES string of the molecule is C[C@@H]1C[C@H]2[C@@H]3CCC4=CC(=O)C=C[C@]4(C)[C@@]3(F)[C@@H](O)C[C@]2(C)[C@@]1(O)C(=O)COC(=O)COc1ccc(C(=O)O)cc1. The molecular formula is C31H35FO9. The van der Waals surface area contributed by atoms with E-state index in [2.05, 4.69) is 0 Å². The van der Waals surface area contributed by atoms with Crippen molar-refractivity contribution in [3.63, 3.8) is 0 Å². The van der Waals surface area contributed by atoms with Crippen molar-refractivity contribution < 1.29 is 48.4 Å². The fourth-order valence-corrected chi connectivity index (χ4v) is 8.27. The Morgan fingerprint density at radius 1 is 1.10 bits per heavy atom. The molecule has 0 aliphatic heterocycles. The average Bonchev–Trinajstić information content (AvgIpc) is 3.13. The lowest BCUT2D eigenvalue weighted by molar-refractivity contribution is -0.220. The zero-order valence-corrected chi connectivity index (χ0v) is 23.3. The molecule has 1 aromatic rings. The Kier molecular flexibility index (Phi) is 7.02. The van der Waals surface area contributed by atoms with Gasteiger partial charge in [0.15, 0.2) is 24.7 Å². The highest BCUT2D eigenvalue weighted by Gasteiger charge is 2.75. The summed E-state index contributed by atoms with van der Waals surface area (Å²) in [5.74, 6) is -4.34. The van der Waals surface area contributed by atoms with E-state index in [1.54, 1.807) is 26.8 Å². The van der Waals surface area contributed by atoms with E-state index in [0.717, 1.165) is 0 Å². The minimum absolute atomic E-state index is 0.0543. The Bertz CT molecular complexity index is 1350. The van der Waals surface area contributed by atoms with Gasteiger partial charge in [0.2, 0.25) is 5.78 Å². The fraction of sp³-hybridized carbons (Fsp3) is 0.548. The van der Waals surface area contributed by atoms with Crippen molar-refractivity contribution in [2.45, 2.75) is 63.8 Å². The number of aliphatic hydroxyl groups excluding tert-OH is 1. The zero-order valence-electron chi connectivity index (χ0n) is 23.3. The number of ketones is 2. The van der Waals surface area contributed by atoms with Crippen molar-refractivity contribution in [2.75, 3.05) is 13.2 Å². The molecule has 0 amide bonds. The molecule has 41 heavy (non-hydrogen) atoms. The Hall–Kier alpha value is -3.37. The second kappa shape index (κ2) is 9.87. The first-order chi connectivity index (χ1) is 19.2. The van der Waals surface area contributed by atoms with Crippen LogP contribution in [0.25, 0.3) is 0 Å². The van der Waals surface area contributed by atoms with Gasteiger partial charge in [-0.05, 0) is 80.9 Å². The minimum atomic E-state index is -2.08. The summed E-state index contributed by atoms with van der Waals surface area (Å²) >= 11 is 0. The van der Waals surface area contributed by atoms with Crippen molar-refractivity contribution in [1.82, 2.24) is 0 Å². The van der Waals surface area contributed by atoms with Crippen molar-refractivity contribution in [2.24, 2.45) is 28.6 Å². The van der Waals surface area contributed by atoms with E-state index in [-0.39, 0.29) is 23.5 Å². The maximum absolute atomic E-state index is 17.3. The molecule has 4 aliphatic carbocycles. The highest BCUT2D eigenvalue weighted by molar-refractivity contribution is 6.01. The number of carboxylic acids is 1. The lowest BCUT2D eigenvalue weighted by atomic mass is 9.44. The van der Waals surface area contributed by atoms with Crippen LogP contribution in [0.4, 0.5) is 4.39 Å². The van der Waals surface area contributed by atoms with Gasteiger partial charge < -0.3 is 24.8 Å². The Balaban J connectivity index is 1.30. The number of hydrogen-bond donors (Lipinski definition) is 3. The molecule has 0 bridgehead atoms. The van der Waals surface area contributed by atoms with E-state index in [1.165, 1.54) is 36.4 Å². The van der Waals surface area contributed by atoms with Gasteiger partial charge in [-0.1, -0.05) is 25.5 Å². The number of allylic oxidation sites excluding steroid dienone is 4. The predicted octanol–water partition coefficient (Wildman–Crippen LogP) is 3.22. The van der Waals surface area contributed by atoms with Gasteiger partial charge in [0, 0.05) is 16.7 Å². The summed E-state index contributed by atoms with van der Waals surface area (Å²) in [4.78, 5) is 48.9. The third kappa shape index (κ3) is 4.17. The number of aliphatic hydroxyl groups is 2. The molecule has 3 saturated carbocycles. The van der Waals surface area contributed by atoms with Crippen LogP contribution in [0.3, 0.4) is 0 Å². The van der Waals surface area contributed by atoms with Crippen molar-refractivity contribution >= 4 is 23.5 Å². The highest BCUT2D eigenvalue weighted by Crippen LogP contribution is 2.70. The number of rotatable bonds is 7. The number of halogens is 1. The summed E-state index contributed by atoms with van der Waals surface area (Å²) in [6.45, 7) is 3.87. The van der Waals surface area contributed by atoms with E-state index in [0.29, 0.717) is 24.8 Å². The molecule has 10 heteroatoms. The molecule has 5 rings (SSSR count). The van der Waals surface area contributed by atoms with Gasteiger partial charge >= 0.3 is 11.9 Å². The first-order valence-corrected chi connectivity index (χ1v) is 13.9. The van der Waals surface area contributed by atoms with Crippen LogP contribution in [0.2, 0.25) is 0 Å². The van der Waals surface area contributed by atoms with Crippen LogP contribution in [0.15, 0.2) is 48.1 Å². The Labute approximate surface area is 237 Å². The fourth-order valence-electron chi connectivity index (χ4n) is 8.27. The smallest absolute Gasteiger partial charge is 0.344 e. The summed E-state index contributed by atoms with van der Waals surface area (Å²) < 4.78 is 27.7. The molecule has 220 valence electrons. The van der Waals surface area contributed by atoms with Crippen molar-refractivity contribution in [3.8, 4) is 5.75 Å². The zero-order chi connectivity index (χ0) is 30.0. The predicted molar refractivity (Wildman–Crippen MR) is 143 cm³/mol. The number of benzene rings is 1. The van der Waals surface area contributed by atoms with Gasteiger partial charge in [-0.15, -0.1) is 0 Å². The van der Waals surface area contributed by atoms with Gasteiger partial charge in [-0.2, -0.15) is 0 Å². The third-order valence-electron chi connectivity index (χ3n) is 10.5. The lowest BCUT2D eigenvalue weighted by Gasteiger charge is -2.62. The molecule has 0 radical (unpaired) electrons. The number of Topliss-reactive ketones (excluding diaryl/α,β-unsaturated/α-hetero) is 1. The van der Waals surface area contributed by atoms with Crippen LogP contribution in [0, 0.1) is 28.6 Å². The van der Waals surface area contributed by atoms with E-state index in [9.17, 15) is 29.4 Å². The van der Waals surface area contributed by atoms with Gasteiger partial charge in [-0.25, -0.2) is 14.0 Å². The van der Waals surface area contributed by atoms with E-state index in [4.69, 9.17) is 14.6 Å². The topological polar surface area (TPSA) is 147 Å². The number of carboxylic acid groups (broad SMARTS) is 1. The first-order valence-electron chi connectivity index (χ1n) is 13.9. The molecule has 9 nitrogen and oxygen atoms in total. The van der Waals surface area contributed by atoms with E-state index < -0.39 is 76.9 Å². The molecule has 3 fully saturated rings. The molecule has 0 aromatic heterocycles. The summed E-state index contributed by atoms with van der Waals surface area (Å²) in [5.41, 5.74) is -5.71. The molecule has 0 heterocycles. The van der Waals surface area contributed by atoms with Gasteiger partial charge in [-0.3, -0.25) is 9.59 Å². The molecule has 1 aromatic carbocycles. The Morgan fingerprint density at radius 3 is 2.44 bits per heavy atom. The number of fused-ring (bicyclic) bond motifs is 5. The minimum Gasteiger partial charge on any atom is -0.482 e. The van der Waals surface area contributed by atoms with Gasteiger partial charge in [0.1, 0.15) is 11.4 Å². The van der Waals surface area contributed by atoms with Gasteiger partial charge in [0.05, 0.1) is 11.7 Å². The van der Waals surface area contributed by atoms with E-state index in [1.807, 2.05) is 0 Å². The van der Waals surface area contributed by atoms with E-state index >= 15 is 4.39 Å². The highest BCUT2D eigenvalue weighted by atomic mass is 19.1. The maximum Gasteiger partial charge on any atom is 0.344 e. The number of hydrogen-bond acceptors (Lipinski definition) is 8. The summed E-state index contributed by atoms with van der Waals surface area (Å²) in [6.07, 6.45) is 3.86.